The molecule has 1 amide bonds. The van der Waals surface area contributed by atoms with E-state index in [1.54, 1.807) is 0 Å². The van der Waals surface area contributed by atoms with Gasteiger partial charge < -0.3 is 10.1 Å². The second-order valence-corrected chi connectivity index (χ2v) is 4.87. The maximum Gasteiger partial charge on any atom is 0.220 e. The van der Waals surface area contributed by atoms with Crippen LogP contribution in [0.15, 0.2) is 24.3 Å². The quantitative estimate of drug-likeness (QED) is 0.782. The first kappa shape index (κ1) is 15.4. The highest BCUT2D eigenvalue weighted by Crippen LogP contribution is 2.07. The Bertz CT molecular complexity index is 409. The van der Waals surface area contributed by atoms with Crippen LogP contribution in [0.2, 0.25) is 0 Å². The predicted molar refractivity (Wildman–Crippen MR) is 77.1 cm³/mol. The zero-order chi connectivity index (χ0) is 14.1. The largest absolute Gasteiger partial charge is 0.356 e. The van der Waals surface area contributed by atoms with E-state index in [2.05, 4.69) is 36.5 Å². The summed E-state index contributed by atoms with van der Waals surface area (Å²) in [6.07, 6.45) is 3.73. The molecule has 0 unspecified atom stereocenters. The van der Waals surface area contributed by atoms with Gasteiger partial charge in [-0.3, -0.25) is 4.79 Å². The van der Waals surface area contributed by atoms with Gasteiger partial charge in [-0.25, -0.2) is 0 Å². The van der Waals surface area contributed by atoms with E-state index in [1.807, 2.05) is 0 Å². The average Bonchev–Trinajstić information content (AvgIpc) is 2.39. The molecule has 3 heteroatoms. The zero-order valence-electron chi connectivity index (χ0n) is 11.9. The predicted octanol–water partition coefficient (Wildman–Crippen LogP) is 2.67. The minimum atomic E-state index is -0.0437. The van der Waals surface area contributed by atoms with Crippen LogP contribution in [-0.4, -0.2) is 18.2 Å². The molecule has 0 heterocycles. The Balaban J connectivity index is 2.25. The van der Waals surface area contributed by atoms with Crippen molar-refractivity contribution in [2.45, 2.75) is 46.0 Å². The molecule has 1 aromatic carbocycles. The molecule has 0 fully saturated rings. The number of nitrogens with one attached hydrogen (secondary N) is 1. The smallest absolute Gasteiger partial charge is 0.220 e. The number of benzene rings is 1. The van der Waals surface area contributed by atoms with Gasteiger partial charge in [-0.2, -0.15) is 0 Å². The summed E-state index contributed by atoms with van der Waals surface area (Å²) >= 11 is 0. The Morgan fingerprint density at radius 3 is 2.11 bits per heavy atom. The maximum atomic E-state index is 11.4. The molecule has 1 aromatic rings. The molecule has 0 aliphatic heterocycles. The van der Waals surface area contributed by atoms with Crippen LogP contribution >= 0.6 is 0 Å². The monoisotopic (exact) mass is 261 g/mol. The van der Waals surface area contributed by atoms with Crippen LogP contribution in [0.4, 0.5) is 0 Å². The van der Waals surface area contributed by atoms with Gasteiger partial charge in [0, 0.05) is 19.4 Å². The summed E-state index contributed by atoms with van der Waals surface area (Å²) in [5.74, 6) is 0.0134. The Kier molecular flexibility index (Phi) is 6.86. The van der Waals surface area contributed by atoms with E-state index < -0.39 is 0 Å². The molecule has 0 spiro atoms. The molecule has 1 N–H and O–H groups in total. The molecule has 3 nitrogen and oxygen atoms in total. The minimum Gasteiger partial charge on any atom is -0.356 e. The number of carbonyl (C=O) groups excluding carboxylic acids is 2. The molecule has 0 aliphatic rings. The van der Waals surface area contributed by atoms with Crippen molar-refractivity contribution in [3.05, 3.63) is 35.4 Å². The first-order valence-electron chi connectivity index (χ1n) is 6.95. The third-order valence-corrected chi connectivity index (χ3v) is 3.00. The number of carbonyl (C=O) groups is 2. The lowest BCUT2D eigenvalue weighted by molar-refractivity contribution is -0.124. The molecule has 0 bridgehead atoms. The lowest BCUT2D eigenvalue weighted by Gasteiger charge is -2.06. The molecule has 0 aromatic heterocycles. The van der Waals surface area contributed by atoms with Crippen LogP contribution in [0.25, 0.3) is 0 Å². The van der Waals surface area contributed by atoms with Crippen molar-refractivity contribution in [1.82, 2.24) is 5.32 Å². The lowest BCUT2D eigenvalue weighted by Crippen LogP contribution is -2.25. The van der Waals surface area contributed by atoms with Crippen LogP contribution in [0, 0.1) is 0 Å². The molecule has 0 aliphatic carbocycles. The number of Topliss-reactive ketones (excluding diaryl/α,β-unsaturated/α-hetero) is 1. The third-order valence-electron chi connectivity index (χ3n) is 3.00. The number of hydrogen-bond acceptors (Lipinski definition) is 2. The van der Waals surface area contributed by atoms with Crippen molar-refractivity contribution in [3.63, 3.8) is 0 Å². The minimum absolute atomic E-state index is 0.0437. The molecule has 0 saturated heterocycles. The van der Waals surface area contributed by atoms with Crippen molar-refractivity contribution in [3.8, 4) is 0 Å². The highest BCUT2D eigenvalue weighted by atomic mass is 16.2. The van der Waals surface area contributed by atoms with Gasteiger partial charge in [0.2, 0.25) is 5.91 Å². The Morgan fingerprint density at radius 1 is 1.00 bits per heavy atom. The van der Waals surface area contributed by atoms with E-state index in [4.69, 9.17) is 0 Å². The van der Waals surface area contributed by atoms with Crippen LogP contribution < -0.4 is 5.32 Å². The summed E-state index contributed by atoms with van der Waals surface area (Å²) in [6, 6.07) is 8.53. The molecule has 19 heavy (non-hydrogen) atoms. The fourth-order valence-corrected chi connectivity index (χ4v) is 1.89. The fourth-order valence-electron chi connectivity index (χ4n) is 1.89. The molecule has 1 rings (SSSR count). The molecular formula is C16H23NO2. The van der Waals surface area contributed by atoms with Crippen molar-refractivity contribution in [2.24, 2.45) is 0 Å². The van der Waals surface area contributed by atoms with Crippen molar-refractivity contribution < 1.29 is 9.59 Å². The van der Waals surface area contributed by atoms with Gasteiger partial charge >= 0.3 is 0 Å². The van der Waals surface area contributed by atoms with Crippen LogP contribution in [0.5, 0.6) is 0 Å². The summed E-state index contributed by atoms with van der Waals surface area (Å²) in [5, 5.41) is 2.84. The molecule has 0 atom stereocenters. The van der Waals surface area contributed by atoms with Gasteiger partial charge in [-0.15, -0.1) is 0 Å². The number of aryl methyl sites for hydroxylation is 1. The van der Waals surface area contributed by atoms with Gasteiger partial charge in [0.05, 0.1) is 0 Å². The van der Waals surface area contributed by atoms with Gasteiger partial charge in [0.25, 0.3) is 0 Å². The van der Waals surface area contributed by atoms with E-state index in [-0.39, 0.29) is 11.7 Å². The molecule has 104 valence electrons. The summed E-state index contributed by atoms with van der Waals surface area (Å²) in [6.45, 7) is 4.31. The SMILES string of the molecule is CCCc1ccc(CCNC(=O)CCC(C)=O)cc1. The van der Waals surface area contributed by atoms with Crippen molar-refractivity contribution >= 4 is 11.7 Å². The Morgan fingerprint density at radius 2 is 1.58 bits per heavy atom. The summed E-state index contributed by atoms with van der Waals surface area (Å²) in [7, 11) is 0. The summed E-state index contributed by atoms with van der Waals surface area (Å²) < 4.78 is 0. The van der Waals surface area contributed by atoms with Crippen LogP contribution in [-0.2, 0) is 22.4 Å². The summed E-state index contributed by atoms with van der Waals surface area (Å²) in [4.78, 5) is 22.2. The van der Waals surface area contributed by atoms with E-state index in [1.165, 1.54) is 18.1 Å². The van der Waals surface area contributed by atoms with Gasteiger partial charge in [0.1, 0.15) is 5.78 Å². The topological polar surface area (TPSA) is 46.2 Å². The van der Waals surface area contributed by atoms with E-state index in [0.717, 1.165) is 19.3 Å². The van der Waals surface area contributed by atoms with Gasteiger partial charge in [-0.05, 0) is 30.9 Å². The normalized spacial score (nSPS) is 10.2. The maximum absolute atomic E-state index is 11.4. The van der Waals surface area contributed by atoms with Gasteiger partial charge in [0.15, 0.2) is 0 Å². The standard InChI is InChI=1S/C16H23NO2/c1-3-4-14-6-8-15(9-7-14)11-12-17-16(19)10-5-13(2)18/h6-9H,3-5,10-12H2,1-2H3,(H,17,19). The average molecular weight is 261 g/mol. The summed E-state index contributed by atoms with van der Waals surface area (Å²) in [5.41, 5.74) is 2.59. The fraction of sp³-hybridized carbons (Fsp3) is 0.500. The molecule has 0 radical (unpaired) electrons. The molecular weight excluding hydrogens is 238 g/mol. The number of amides is 1. The Labute approximate surface area is 115 Å². The number of rotatable bonds is 8. The highest BCUT2D eigenvalue weighted by Gasteiger charge is 2.02. The van der Waals surface area contributed by atoms with Crippen LogP contribution in [0.1, 0.15) is 44.2 Å². The second kappa shape index (κ2) is 8.46. The van der Waals surface area contributed by atoms with Gasteiger partial charge in [-0.1, -0.05) is 37.6 Å². The first-order chi connectivity index (χ1) is 9.11. The Hall–Kier alpha value is -1.64. The van der Waals surface area contributed by atoms with E-state index >= 15 is 0 Å². The lowest BCUT2D eigenvalue weighted by atomic mass is 10.1. The van der Waals surface area contributed by atoms with Crippen molar-refractivity contribution in [2.75, 3.05) is 6.54 Å². The zero-order valence-corrected chi connectivity index (χ0v) is 11.9. The molecule has 0 saturated carbocycles. The number of ketones is 1. The number of hydrogen-bond donors (Lipinski definition) is 1. The first-order valence-corrected chi connectivity index (χ1v) is 6.95. The second-order valence-electron chi connectivity index (χ2n) is 4.87. The highest BCUT2D eigenvalue weighted by molar-refractivity contribution is 5.83. The van der Waals surface area contributed by atoms with Crippen LogP contribution in [0.3, 0.4) is 0 Å². The van der Waals surface area contributed by atoms with E-state index in [9.17, 15) is 9.59 Å². The van der Waals surface area contributed by atoms with E-state index in [0.29, 0.717) is 19.4 Å². The third kappa shape index (κ3) is 6.75. The van der Waals surface area contributed by atoms with Crippen molar-refractivity contribution in [1.29, 1.82) is 0 Å².